The van der Waals surface area contributed by atoms with Gasteiger partial charge in [-0.25, -0.2) is 4.98 Å². The van der Waals surface area contributed by atoms with Crippen LogP contribution in [0.3, 0.4) is 0 Å². The molecule has 0 aliphatic heterocycles. The van der Waals surface area contributed by atoms with E-state index in [2.05, 4.69) is 10.3 Å². The Morgan fingerprint density at radius 1 is 1.53 bits per heavy atom. The number of imidazole rings is 1. The number of para-hydroxylation sites is 1. The number of hydrogen-bond donors (Lipinski definition) is 2. The highest BCUT2D eigenvalue weighted by Gasteiger charge is 2.11. The van der Waals surface area contributed by atoms with Crippen LogP contribution in [0.25, 0.3) is 11.0 Å². The zero-order valence-corrected chi connectivity index (χ0v) is 10.0. The van der Waals surface area contributed by atoms with E-state index in [9.17, 15) is 4.79 Å². The molecule has 17 heavy (non-hydrogen) atoms. The molecule has 0 radical (unpaired) electrons. The minimum absolute atomic E-state index is 0.0555. The standard InChI is InChI=1S/C12H16N4O/c1-3-14-10(17)7-16-9-6-4-5-8(2)11(9)15-12(16)13/h4-6H,3,7H2,1-2H3,(H2,13,15)(H,14,17). The van der Waals surface area contributed by atoms with Crippen molar-refractivity contribution in [3.63, 3.8) is 0 Å². The van der Waals surface area contributed by atoms with Crippen molar-refractivity contribution in [2.75, 3.05) is 12.3 Å². The molecule has 0 fully saturated rings. The predicted octanol–water partition coefficient (Wildman–Crippen LogP) is 1.06. The molecule has 2 aromatic rings. The molecule has 1 aromatic carbocycles. The van der Waals surface area contributed by atoms with Crippen LogP contribution in [-0.2, 0) is 11.3 Å². The minimum atomic E-state index is -0.0555. The fourth-order valence-electron chi connectivity index (χ4n) is 1.87. The van der Waals surface area contributed by atoms with Gasteiger partial charge in [-0.2, -0.15) is 0 Å². The minimum Gasteiger partial charge on any atom is -0.369 e. The topological polar surface area (TPSA) is 72.9 Å². The largest absolute Gasteiger partial charge is 0.369 e. The fourth-order valence-corrected chi connectivity index (χ4v) is 1.87. The van der Waals surface area contributed by atoms with Crippen LogP contribution in [-0.4, -0.2) is 22.0 Å². The average molecular weight is 232 g/mol. The lowest BCUT2D eigenvalue weighted by molar-refractivity contribution is -0.121. The van der Waals surface area contributed by atoms with Gasteiger partial charge in [-0.05, 0) is 25.5 Å². The number of nitrogen functional groups attached to an aromatic ring is 1. The second-order valence-corrected chi connectivity index (χ2v) is 3.95. The van der Waals surface area contributed by atoms with Crippen LogP contribution in [0.4, 0.5) is 5.95 Å². The first-order valence-electron chi connectivity index (χ1n) is 5.61. The highest BCUT2D eigenvalue weighted by Crippen LogP contribution is 2.20. The van der Waals surface area contributed by atoms with Gasteiger partial charge >= 0.3 is 0 Å². The van der Waals surface area contributed by atoms with Gasteiger partial charge in [-0.1, -0.05) is 12.1 Å². The third-order valence-electron chi connectivity index (χ3n) is 2.69. The number of carbonyl (C=O) groups excluding carboxylic acids is 1. The molecule has 0 saturated carbocycles. The van der Waals surface area contributed by atoms with Gasteiger partial charge in [0, 0.05) is 6.54 Å². The number of hydrogen-bond acceptors (Lipinski definition) is 3. The third kappa shape index (κ3) is 2.08. The number of carbonyl (C=O) groups is 1. The molecule has 0 aliphatic rings. The molecule has 0 saturated heterocycles. The molecule has 0 aliphatic carbocycles. The maximum atomic E-state index is 11.6. The number of aromatic nitrogens is 2. The Bertz CT molecular complexity index is 559. The lowest BCUT2D eigenvalue weighted by atomic mass is 10.2. The number of fused-ring (bicyclic) bond motifs is 1. The summed E-state index contributed by atoms with van der Waals surface area (Å²) in [4.78, 5) is 15.9. The maximum absolute atomic E-state index is 11.6. The van der Waals surface area contributed by atoms with Crippen molar-refractivity contribution in [1.29, 1.82) is 0 Å². The normalized spacial score (nSPS) is 10.7. The third-order valence-corrected chi connectivity index (χ3v) is 2.69. The quantitative estimate of drug-likeness (QED) is 0.831. The number of aryl methyl sites for hydroxylation is 1. The van der Waals surface area contributed by atoms with Gasteiger partial charge in [0.15, 0.2) is 0 Å². The molecule has 2 rings (SSSR count). The van der Waals surface area contributed by atoms with Crippen LogP contribution in [0.2, 0.25) is 0 Å². The number of likely N-dealkylation sites (N-methyl/N-ethyl adjacent to an activating group) is 1. The Morgan fingerprint density at radius 2 is 2.29 bits per heavy atom. The maximum Gasteiger partial charge on any atom is 0.240 e. The van der Waals surface area contributed by atoms with Gasteiger partial charge in [0.25, 0.3) is 0 Å². The Labute approximate surface area is 99.6 Å². The molecule has 1 aromatic heterocycles. The summed E-state index contributed by atoms with van der Waals surface area (Å²) in [7, 11) is 0. The van der Waals surface area contributed by atoms with Crippen molar-refractivity contribution in [2.24, 2.45) is 0 Å². The average Bonchev–Trinajstić information content (AvgIpc) is 2.58. The Balaban J connectivity index is 2.43. The van der Waals surface area contributed by atoms with Crippen LogP contribution in [0.5, 0.6) is 0 Å². The van der Waals surface area contributed by atoms with Crippen molar-refractivity contribution in [1.82, 2.24) is 14.9 Å². The molecule has 90 valence electrons. The fraction of sp³-hybridized carbons (Fsp3) is 0.333. The van der Waals surface area contributed by atoms with Crippen LogP contribution < -0.4 is 11.1 Å². The highest BCUT2D eigenvalue weighted by molar-refractivity contribution is 5.84. The summed E-state index contributed by atoms with van der Waals surface area (Å²) in [5.41, 5.74) is 8.65. The van der Waals surface area contributed by atoms with E-state index >= 15 is 0 Å². The summed E-state index contributed by atoms with van der Waals surface area (Å²) in [6.45, 7) is 4.69. The summed E-state index contributed by atoms with van der Waals surface area (Å²) < 4.78 is 1.73. The lowest BCUT2D eigenvalue weighted by Crippen LogP contribution is -2.27. The molecule has 5 nitrogen and oxygen atoms in total. The Kier molecular flexibility index (Phi) is 2.99. The van der Waals surface area contributed by atoms with Gasteiger partial charge in [-0.15, -0.1) is 0 Å². The second-order valence-electron chi connectivity index (χ2n) is 3.95. The SMILES string of the molecule is CCNC(=O)Cn1c(N)nc2c(C)cccc21. The smallest absolute Gasteiger partial charge is 0.240 e. The van der Waals surface area contributed by atoms with Crippen molar-refractivity contribution in [3.05, 3.63) is 23.8 Å². The number of amides is 1. The lowest BCUT2D eigenvalue weighted by Gasteiger charge is -2.06. The van der Waals surface area contributed by atoms with Crippen LogP contribution in [0, 0.1) is 6.92 Å². The number of nitrogens with zero attached hydrogens (tertiary/aromatic N) is 2. The number of benzene rings is 1. The summed E-state index contributed by atoms with van der Waals surface area (Å²) in [5, 5.41) is 2.75. The molecule has 5 heteroatoms. The number of rotatable bonds is 3. The number of anilines is 1. The van der Waals surface area contributed by atoms with E-state index < -0.39 is 0 Å². The van der Waals surface area contributed by atoms with Gasteiger partial charge in [0.05, 0.1) is 11.0 Å². The molecule has 3 N–H and O–H groups in total. The molecule has 0 bridgehead atoms. The van der Waals surface area contributed by atoms with E-state index in [0.717, 1.165) is 16.6 Å². The zero-order chi connectivity index (χ0) is 12.4. The number of nitrogens with two attached hydrogens (primary N) is 1. The van der Waals surface area contributed by atoms with E-state index in [1.54, 1.807) is 4.57 Å². The van der Waals surface area contributed by atoms with Crippen molar-refractivity contribution < 1.29 is 4.79 Å². The van der Waals surface area contributed by atoms with E-state index in [1.165, 1.54) is 0 Å². The molecule has 0 unspecified atom stereocenters. The first-order valence-corrected chi connectivity index (χ1v) is 5.61. The van der Waals surface area contributed by atoms with E-state index in [-0.39, 0.29) is 12.5 Å². The summed E-state index contributed by atoms with van der Waals surface area (Å²) in [6, 6.07) is 5.84. The number of nitrogens with one attached hydrogen (secondary N) is 1. The van der Waals surface area contributed by atoms with Crippen molar-refractivity contribution in [2.45, 2.75) is 20.4 Å². The molecule has 1 amide bonds. The monoisotopic (exact) mass is 232 g/mol. The Hall–Kier alpha value is -2.04. The first-order chi connectivity index (χ1) is 8.13. The van der Waals surface area contributed by atoms with E-state index in [1.807, 2.05) is 32.0 Å². The molecule has 0 atom stereocenters. The molecular weight excluding hydrogens is 216 g/mol. The molecule has 1 heterocycles. The van der Waals surface area contributed by atoms with Gasteiger partial charge in [0.2, 0.25) is 11.9 Å². The Morgan fingerprint density at radius 3 is 3.00 bits per heavy atom. The molecular formula is C12H16N4O. The van der Waals surface area contributed by atoms with Crippen molar-refractivity contribution in [3.8, 4) is 0 Å². The zero-order valence-electron chi connectivity index (χ0n) is 10.0. The highest BCUT2D eigenvalue weighted by atomic mass is 16.1. The summed E-state index contributed by atoms with van der Waals surface area (Å²) in [6.07, 6.45) is 0. The van der Waals surface area contributed by atoms with Gasteiger partial charge < -0.3 is 15.6 Å². The van der Waals surface area contributed by atoms with Crippen molar-refractivity contribution >= 4 is 22.9 Å². The van der Waals surface area contributed by atoms with Crippen LogP contribution >= 0.6 is 0 Å². The van der Waals surface area contributed by atoms with Gasteiger partial charge in [-0.3, -0.25) is 4.79 Å². The molecule has 0 spiro atoms. The van der Waals surface area contributed by atoms with E-state index in [0.29, 0.717) is 12.5 Å². The predicted molar refractivity (Wildman–Crippen MR) is 67.6 cm³/mol. The summed E-state index contributed by atoms with van der Waals surface area (Å²) in [5.74, 6) is 0.320. The second kappa shape index (κ2) is 4.45. The van der Waals surface area contributed by atoms with Crippen LogP contribution in [0.15, 0.2) is 18.2 Å². The van der Waals surface area contributed by atoms with Crippen LogP contribution in [0.1, 0.15) is 12.5 Å². The first kappa shape index (κ1) is 11.4. The van der Waals surface area contributed by atoms with E-state index in [4.69, 9.17) is 5.73 Å². The summed E-state index contributed by atoms with van der Waals surface area (Å²) >= 11 is 0. The van der Waals surface area contributed by atoms with Gasteiger partial charge in [0.1, 0.15) is 6.54 Å².